The van der Waals surface area contributed by atoms with Crippen LogP contribution in [0.2, 0.25) is 0 Å². The average molecular weight is 328 g/mol. The van der Waals surface area contributed by atoms with Gasteiger partial charge in [0.25, 0.3) is 0 Å². The number of esters is 1. The van der Waals surface area contributed by atoms with Crippen molar-refractivity contribution in [3.8, 4) is 5.75 Å². The Kier molecular flexibility index (Phi) is 4.56. The number of carbonyl (C=O) groups excluding carboxylic acids is 2. The molecule has 0 saturated heterocycles. The second-order valence-electron chi connectivity index (χ2n) is 4.95. The number of carbonyl (C=O) groups is 2. The van der Waals surface area contributed by atoms with Gasteiger partial charge in [0.15, 0.2) is 5.78 Å². The standard InChI is InChI=1S/C18H13FO5/c19-14-5-1-12(2-6-14)17(20)13-3-7-15(8-4-13)24-18(21)16-11-22-9-10-23-16/h1-8,11H,9-10H2. The summed E-state index contributed by atoms with van der Waals surface area (Å²) in [6.07, 6.45) is 1.21. The average Bonchev–Trinajstić information content (AvgIpc) is 2.63. The minimum atomic E-state index is -0.674. The fraction of sp³-hybridized carbons (Fsp3) is 0.111. The number of rotatable bonds is 4. The van der Waals surface area contributed by atoms with Crippen molar-refractivity contribution < 1.29 is 28.2 Å². The van der Waals surface area contributed by atoms with Gasteiger partial charge in [-0.2, -0.15) is 0 Å². The van der Waals surface area contributed by atoms with Crippen LogP contribution >= 0.6 is 0 Å². The highest BCUT2D eigenvalue weighted by Gasteiger charge is 2.18. The molecule has 0 saturated carbocycles. The molecule has 2 aromatic carbocycles. The van der Waals surface area contributed by atoms with Gasteiger partial charge in [0.1, 0.15) is 31.0 Å². The van der Waals surface area contributed by atoms with E-state index in [-0.39, 0.29) is 23.9 Å². The summed E-state index contributed by atoms with van der Waals surface area (Å²) < 4.78 is 28.1. The van der Waals surface area contributed by atoms with Gasteiger partial charge in [-0.25, -0.2) is 9.18 Å². The van der Waals surface area contributed by atoms with Gasteiger partial charge in [0.05, 0.1) is 0 Å². The van der Waals surface area contributed by atoms with Gasteiger partial charge in [-0.1, -0.05) is 0 Å². The van der Waals surface area contributed by atoms with Crippen LogP contribution in [0, 0.1) is 5.82 Å². The molecule has 24 heavy (non-hydrogen) atoms. The molecule has 0 N–H and O–H groups in total. The van der Waals surface area contributed by atoms with Gasteiger partial charge in [-0.15, -0.1) is 0 Å². The smallest absolute Gasteiger partial charge is 0.382 e. The van der Waals surface area contributed by atoms with Crippen molar-refractivity contribution in [1.82, 2.24) is 0 Å². The molecule has 0 fully saturated rings. The van der Waals surface area contributed by atoms with E-state index in [2.05, 4.69) is 0 Å². The zero-order valence-corrected chi connectivity index (χ0v) is 12.5. The third-order valence-corrected chi connectivity index (χ3v) is 3.28. The minimum absolute atomic E-state index is 0.00675. The van der Waals surface area contributed by atoms with Gasteiger partial charge < -0.3 is 14.2 Å². The summed E-state index contributed by atoms with van der Waals surface area (Å²) in [6.45, 7) is 0.670. The normalized spacial score (nSPS) is 13.3. The number of halogens is 1. The lowest BCUT2D eigenvalue weighted by Crippen LogP contribution is -2.19. The first-order chi connectivity index (χ1) is 11.6. The summed E-state index contributed by atoms with van der Waals surface area (Å²) in [5.74, 6) is -1.07. The predicted molar refractivity (Wildman–Crippen MR) is 81.9 cm³/mol. The lowest BCUT2D eigenvalue weighted by atomic mass is 10.0. The fourth-order valence-corrected chi connectivity index (χ4v) is 2.08. The van der Waals surface area contributed by atoms with Gasteiger partial charge in [0.2, 0.25) is 5.76 Å². The molecule has 0 bridgehead atoms. The van der Waals surface area contributed by atoms with Crippen molar-refractivity contribution in [2.24, 2.45) is 0 Å². The molecule has 1 heterocycles. The molecule has 6 heteroatoms. The summed E-state index contributed by atoms with van der Waals surface area (Å²) in [4.78, 5) is 24.1. The second kappa shape index (κ2) is 6.95. The molecular weight excluding hydrogens is 315 g/mol. The van der Waals surface area contributed by atoms with E-state index in [1.807, 2.05) is 0 Å². The maximum absolute atomic E-state index is 12.9. The maximum atomic E-state index is 12.9. The first kappa shape index (κ1) is 15.7. The Bertz CT molecular complexity index is 778. The van der Waals surface area contributed by atoms with Crippen LogP contribution in [0.15, 0.2) is 60.6 Å². The van der Waals surface area contributed by atoms with Gasteiger partial charge in [-0.05, 0) is 48.5 Å². The largest absolute Gasteiger partial charge is 0.493 e. The number of hydrogen-bond acceptors (Lipinski definition) is 5. The molecule has 3 rings (SSSR count). The highest BCUT2D eigenvalue weighted by atomic mass is 19.1. The first-order valence-electron chi connectivity index (χ1n) is 7.20. The third-order valence-electron chi connectivity index (χ3n) is 3.28. The molecule has 1 aliphatic heterocycles. The molecule has 0 atom stereocenters. The van der Waals surface area contributed by atoms with Crippen LogP contribution in [0.25, 0.3) is 0 Å². The van der Waals surface area contributed by atoms with Crippen molar-refractivity contribution >= 4 is 11.8 Å². The van der Waals surface area contributed by atoms with Crippen LogP contribution in [-0.4, -0.2) is 25.0 Å². The zero-order chi connectivity index (χ0) is 16.9. The highest BCUT2D eigenvalue weighted by Crippen LogP contribution is 2.17. The molecule has 0 aromatic heterocycles. The number of hydrogen-bond donors (Lipinski definition) is 0. The highest BCUT2D eigenvalue weighted by molar-refractivity contribution is 6.09. The first-order valence-corrected chi connectivity index (χ1v) is 7.20. The van der Waals surface area contributed by atoms with Crippen LogP contribution in [-0.2, 0) is 14.3 Å². The summed E-state index contributed by atoms with van der Waals surface area (Å²) in [6, 6.07) is 11.3. The van der Waals surface area contributed by atoms with E-state index in [1.165, 1.54) is 54.8 Å². The van der Waals surface area contributed by atoms with Crippen LogP contribution < -0.4 is 4.74 Å². The second-order valence-corrected chi connectivity index (χ2v) is 4.95. The van der Waals surface area contributed by atoms with Gasteiger partial charge in [0, 0.05) is 11.1 Å². The van der Waals surface area contributed by atoms with Crippen molar-refractivity contribution in [3.63, 3.8) is 0 Å². The Morgan fingerprint density at radius 1 is 0.917 bits per heavy atom. The van der Waals surface area contributed by atoms with E-state index in [9.17, 15) is 14.0 Å². The Balaban J connectivity index is 1.69. The summed E-state index contributed by atoms with van der Waals surface area (Å²) in [7, 11) is 0. The molecule has 0 aliphatic carbocycles. The zero-order valence-electron chi connectivity index (χ0n) is 12.5. The monoisotopic (exact) mass is 328 g/mol. The molecule has 0 unspecified atom stereocenters. The molecule has 0 radical (unpaired) electrons. The summed E-state index contributed by atoms with van der Waals surface area (Å²) in [5, 5.41) is 0. The van der Waals surface area contributed by atoms with E-state index in [0.29, 0.717) is 17.7 Å². The van der Waals surface area contributed by atoms with Gasteiger partial charge in [-0.3, -0.25) is 4.79 Å². The topological polar surface area (TPSA) is 61.8 Å². The maximum Gasteiger partial charge on any atom is 0.382 e. The lowest BCUT2D eigenvalue weighted by molar-refractivity contribution is -0.135. The van der Waals surface area contributed by atoms with E-state index in [1.54, 1.807) is 0 Å². The van der Waals surface area contributed by atoms with Crippen molar-refractivity contribution in [2.45, 2.75) is 0 Å². The Hall–Kier alpha value is -3.15. The summed E-state index contributed by atoms with van der Waals surface area (Å²) >= 11 is 0. The van der Waals surface area contributed by atoms with Crippen molar-refractivity contribution in [2.75, 3.05) is 13.2 Å². The minimum Gasteiger partial charge on any atom is -0.493 e. The molecule has 5 nitrogen and oxygen atoms in total. The van der Waals surface area contributed by atoms with E-state index in [4.69, 9.17) is 14.2 Å². The Morgan fingerprint density at radius 2 is 1.54 bits per heavy atom. The molecule has 1 aliphatic rings. The molecular formula is C18H13FO5. The van der Waals surface area contributed by atoms with Gasteiger partial charge >= 0.3 is 5.97 Å². The predicted octanol–water partition coefficient (Wildman–Crippen LogP) is 2.85. The molecule has 122 valence electrons. The van der Waals surface area contributed by atoms with Crippen molar-refractivity contribution in [3.05, 3.63) is 77.5 Å². The quantitative estimate of drug-likeness (QED) is 0.491. The van der Waals surface area contributed by atoms with E-state index >= 15 is 0 Å². The molecule has 2 aromatic rings. The van der Waals surface area contributed by atoms with Crippen LogP contribution in [0.4, 0.5) is 4.39 Å². The third kappa shape index (κ3) is 3.60. The fourth-order valence-electron chi connectivity index (χ4n) is 2.08. The lowest BCUT2D eigenvalue weighted by Gasteiger charge is -2.14. The number of ether oxygens (including phenoxy) is 3. The molecule has 0 amide bonds. The van der Waals surface area contributed by atoms with E-state index < -0.39 is 11.8 Å². The van der Waals surface area contributed by atoms with E-state index in [0.717, 1.165) is 0 Å². The van der Waals surface area contributed by atoms with Crippen LogP contribution in [0.3, 0.4) is 0 Å². The van der Waals surface area contributed by atoms with Crippen LogP contribution in [0.1, 0.15) is 15.9 Å². The number of ketones is 1. The Morgan fingerprint density at radius 3 is 2.12 bits per heavy atom. The summed E-state index contributed by atoms with van der Waals surface area (Å²) in [5.41, 5.74) is 0.775. The molecule has 0 spiro atoms. The van der Waals surface area contributed by atoms with Crippen LogP contribution in [0.5, 0.6) is 5.75 Å². The van der Waals surface area contributed by atoms with Crippen molar-refractivity contribution in [1.29, 1.82) is 0 Å². The SMILES string of the molecule is O=C(Oc1ccc(C(=O)c2ccc(F)cc2)cc1)C1=COCCO1. The number of benzene rings is 2. The Labute approximate surface area is 137 Å².